The number of hydrogen-bond donors (Lipinski definition) is 1. The van der Waals surface area contributed by atoms with Crippen molar-refractivity contribution in [3.05, 3.63) is 46.3 Å². The Hall–Kier alpha value is -2.96. The molecular formula is C22H30N2O5. The van der Waals surface area contributed by atoms with Gasteiger partial charge in [-0.3, -0.25) is 4.79 Å². The molecule has 158 valence electrons. The van der Waals surface area contributed by atoms with Gasteiger partial charge in [0.25, 0.3) is 5.91 Å². The van der Waals surface area contributed by atoms with E-state index in [0.717, 1.165) is 5.56 Å². The van der Waals surface area contributed by atoms with Crippen molar-refractivity contribution in [2.45, 2.75) is 40.2 Å². The number of nitrogens with one attached hydrogen (secondary N) is 1. The van der Waals surface area contributed by atoms with Gasteiger partial charge < -0.3 is 24.1 Å². The van der Waals surface area contributed by atoms with Gasteiger partial charge in [0.15, 0.2) is 11.5 Å². The molecule has 0 spiro atoms. The number of aromatic nitrogens is 1. The van der Waals surface area contributed by atoms with Gasteiger partial charge >= 0.3 is 5.97 Å². The highest BCUT2D eigenvalue weighted by atomic mass is 16.5. The maximum absolute atomic E-state index is 12.9. The van der Waals surface area contributed by atoms with E-state index in [9.17, 15) is 9.59 Å². The number of likely N-dealkylation sites (N-methyl/N-ethyl adjacent to an activating group) is 1. The van der Waals surface area contributed by atoms with E-state index in [4.69, 9.17) is 14.2 Å². The van der Waals surface area contributed by atoms with Crippen molar-refractivity contribution in [3.63, 3.8) is 0 Å². The normalized spacial score (nSPS) is 10.8. The van der Waals surface area contributed by atoms with Crippen LogP contribution in [0.5, 0.6) is 11.5 Å². The van der Waals surface area contributed by atoms with Gasteiger partial charge in [-0.2, -0.15) is 0 Å². The molecule has 2 rings (SSSR count). The SMILES string of the molecule is COc1ccc(CCN(C)C(=O)c2[nH]c(C)c(C(=O)OC(C)C)c2C)cc1OC. The topological polar surface area (TPSA) is 80.9 Å². The van der Waals surface area contributed by atoms with Gasteiger partial charge in [0.2, 0.25) is 0 Å². The third-order valence-electron chi connectivity index (χ3n) is 4.73. The minimum absolute atomic E-state index is 0.172. The molecule has 7 heteroatoms. The lowest BCUT2D eigenvalue weighted by atomic mass is 10.1. The number of carbonyl (C=O) groups excluding carboxylic acids is 2. The van der Waals surface area contributed by atoms with Crippen molar-refractivity contribution >= 4 is 11.9 Å². The number of esters is 1. The van der Waals surface area contributed by atoms with Crippen molar-refractivity contribution in [1.82, 2.24) is 9.88 Å². The molecule has 0 bridgehead atoms. The molecule has 2 aromatic rings. The number of aryl methyl sites for hydroxylation is 1. The maximum atomic E-state index is 12.9. The van der Waals surface area contributed by atoms with Crippen LogP contribution < -0.4 is 9.47 Å². The van der Waals surface area contributed by atoms with Gasteiger partial charge in [-0.05, 0) is 57.4 Å². The molecule has 1 aromatic carbocycles. The monoisotopic (exact) mass is 402 g/mol. The standard InChI is InChI=1S/C22H30N2O5/c1-13(2)29-22(26)19-14(3)20(23-15(19)4)21(25)24(5)11-10-16-8-9-17(27-6)18(12-16)28-7/h8-9,12-13,23H,10-11H2,1-7H3. The van der Waals surface area contributed by atoms with E-state index in [2.05, 4.69) is 4.98 Å². The van der Waals surface area contributed by atoms with Crippen LogP contribution in [0.15, 0.2) is 18.2 Å². The van der Waals surface area contributed by atoms with Crippen LogP contribution in [0.1, 0.15) is 51.5 Å². The predicted octanol–water partition coefficient (Wildman–Crippen LogP) is 3.53. The van der Waals surface area contributed by atoms with Crippen molar-refractivity contribution in [3.8, 4) is 11.5 Å². The summed E-state index contributed by atoms with van der Waals surface area (Å²) in [7, 11) is 4.93. The van der Waals surface area contributed by atoms with Gasteiger partial charge in [-0.15, -0.1) is 0 Å². The largest absolute Gasteiger partial charge is 0.493 e. The number of nitrogens with zero attached hydrogens (tertiary/aromatic N) is 1. The molecule has 0 fully saturated rings. The second kappa shape index (κ2) is 9.49. The molecule has 0 saturated heterocycles. The highest BCUT2D eigenvalue weighted by Crippen LogP contribution is 2.28. The highest BCUT2D eigenvalue weighted by molar-refractivity contribution is 6.00. The zero-order valence-electron chi connectivity index (χ0n) is 18.2. The molecule has 1 amide bonds. The van der Waals surface area contributed by atoms with Crippen molar-refractivity contribution < 1.29 is 23.8 Å². The minimum Gasteiger partial charge on any atom is -0.493 e. The van der Waals surface area contributed by atoms with Crippen molar-refractivity contribution in [2.24, 2.45) is 0 Å². The molecule has 0 unspecified atom stereocenters. The van der Waals surface area contributed by atoms with E-state index in [-0.39, 0.29) is 12.0 Å². The summed E-state index contributed by atoms with van der Waals surface area (Å²) in [6, 6.07) is 5.70. The van der Waals surface area contributed by atoms with E-state index < -0.39 is 5.97 Å². The molecule has 0 aliphatic heterocycles. The highest BCUT2D eigenvalue weighted by Gasteiger charge is 2.25. The molecule has 0 aliphatic rings. The Balaban J connectivity index is 2.12. The van der Waals surface area contributed by atoms with Crippen LogP contribution in [0.3, 0.4) is 0 Å². The fraction of sp³-hybridized carbons (Fsp3) is 0.455. The van der Waals surface area contributed by atoms with Crippen LogP contribution in [0.25, 0.3) is 0 Å². The average Bonchev–Trinajstić information content (AvgIpc) is 2.98. The molecule has 0 saturated carbocycles. The Labute approximate surface area is 172 Å². The number of benzene rings is 1. The molecule has 1 heterocycles. The zero-order chi connectivity index (χ0) is 21.7. The quantitative estimate of drug-likeness (QED) is 0.683. The number of aromatic amines is 1. The molecule has 0 atom stereocenters. The lowest BCUT2D eigenvalue weighted by Gasteiger charge is -2.17. The van der Waals surface area contributed by atoms with Crippen molar-refractivity contribution in [2.75, 3.05) is 27.8 Å². The van der Waals surface area contributed by atoms with Gasteiger partial charge in [0.05, 0.1) is 25.9 Å². The molecule has 1 N–H and O–H groups in total. The Kier molecular flexibility index (Phi) is 7.31. The van der Waals surface area contributed by atoms with Crippen LogP contribution in [-0.4, -0.2) is 55.7 Å². The van der Waals surface area contributed by atoms with Crippen molar-refractivity contribution in [1.29, 1.82) is 0 Å². The molecule has 7 nitrogen and oxygen atoms in total. The number of hydrogen-bond acceptors (Lipinski definition) is 5. The number of rotatable bonds is 8. The average molecular weight is 402 g/mol. The number of amides is 1. The number of H-pyrrole nitrogens is 1. The first-order chi connectivity index (χ1) is 13.7. The molecule has 0 radical (unpaired) electrons. The smallest absolute Gasteiger partial charge is 0.340 e. The first-order valence-corrected chi connectivity index (χ1v) is 9.56. The summed E-state index contributed by atoms with van der Waals surface area (Å²) < 4.78 is 15.9. The summed E-state index contributed by atoms with van der Waals surface area (Å²) in [4.78, 5) is 29.9. The summed E-state index contributed by atoms with van der Waals surface area (Å²) in [5.74, 6) is 0.732. The third kappa shape index (κ3) is 5.10. The molecule has 1 aromatic heterocycles. The van der Waals surface area contributed by atoms with Crippen LogP contribution >= 0.6 is 0 Å². The van der Waals surface area contributed by atoms with Crippen LogP contribution in [0.2, 0.25) is 0 Å². The Morgan fingerprint density at radius 2 is 1.76 bits per heavy atom. The van der Waals surface area contributed by atoms with E-state index in [0.29, 0.717) is 47.0 Å². The fourth-order valence-electron chi connectivity index (χ4n) is 3.17. The van der Waals surface area contributed by atoms with E-state index in [1.807, 2.05) is 18.2 Å². The second-order valence-electron chi connectivity index (χ2n) is 7.25. The van der Waals surface area contributed by atoms with Crippen LogP contribution in [0, 0.1) is 13.8 Å². The molecule has 0 aliphatic carbocycles. The summed E-state index contributed by atoms with van der Waals surface area (Å²) in [6.07, 6.45) is 0.434. The number of carbonyl (C=O) groups is 2. The first kappa shape index (κ1) is 22.3. The van der Waals surface area contributed by atoms with Crippen LogP contribution in [0.4, 0.5) is 0 Å². The second-order valence-corrected chi connectivity index (χ2v) is 7.25. The van der Waals surface area contributed by atoms with E-state index in [1.54, 1.807) is 53.9 Å². The summed E-state index contributed by atoms with van der Waals surface area (Å²) in [6.45, 7) is 7.63. The Bertz CT molecular complexity index is 886. The molecular weight excluding hydrogens is 372 g/mol. The van der Waals surface area contributed by atoms with Gasteiger partial charge in [0, 0.05) is 19.3 Å². The Morgan fingerprint density at radius 1 is 1.10 bits per heavy atom. The summed E-state index contributed by atoms with van der Waals surface area (Å²) in [5.41, 5.74) is 3.10. The van der Waals surface area contributed by atoms with E-state index in [1.165, 1.54) is 0 Å². The Morgan fingerprint density at radius 3 is 2.34 bits per heavy atom. The number of methoxy groups -OCH3 is 2. The van der Waals surface area contributed by atoms with Gasteiger partial charge in [-0.25, -0.2) is 4.79 Å². The fourth-order valence-corrected chi connectivity index (χ4v) is 3.17. The molecule has 29 heavy (non-hydrogen) atoms. The maximum Gasteiger partial charge on any atom is 0.340 e. The van der Waals surface area contributed by atoms with Crippen LogP contribution in [-0.2, 0) is 11.2 Å². The minimum atomic E-state index is -0.418. The van der Waals surface area contributed by atoms with Gasteiger partial charge in [0.1, 0.15) is 5.69 Å². The zero-order valence-corrected chi connectivity index (χ0v) is 18.2. The predicted molar refractivity (Wildman–Crippen MR) is 111 cm³/mol. The number of ether oxygens (including phenoxy) is 3. The third-order valence-corrected chi connectivity index (χ3v) is 4.73. The lowest BCUT2D eigenvalue weighted by molar-refractivity contribution is 0.0376. The first-order valence-electron chi connectivity index (χ1n) is 9.56. The summed E-state index contributed by atoms with van der Waals surface area (Å²) in [5, 5.41) is 0. The van der Waals surface area contributed by atoms with E-state index >= 15 is 0 Å². The summed E-state index contributed by atoms with van der Waals surface area (Å²) >= 11 is 0. The lowest BCUT2D eigenvalue weighted by Crippen LogP contribution is -2.29. The van der Waals surface area contributed by atoms with Gasteiger partial charge in [-0.1, -0.05) is 6.07 Å².